The molecule has 0 saturated heterocycles. The van der Waals surface area contributed by atoms with E-state index in [-0.39, 0.29) is 42.7 Å². The summed E-state index contributed by atoms with van der Waals surface area (Å²) in [6, 6.07) is 6.72. The summed E-state index contributed by atoms with van der Waals surface area (Å²) in [6.45, 7) is 3.80. The van der Waals surface area contributed by atoms with E-state index in [1.54, 1.807) is 41.2 Å². The minimum atomic E-state index is -1.75. The van der Waals surface area contributed by atoms with Crippen molar-refractivity contribution >= 4 is 28.7 Å². The molecule has 4 heterocycles. The molecule has 2 aliphatic rings. The van der Waals surface area contributed by atoms with Gasteiger partial charge in [-0.2, -0.15) is 0 Å². The molecule has 11 nitrogen and oxygen atoms in total. The van der Waals surface area contributed by atoms with Gasteiger partial charge >= 0.3 is 11.9 Å². The van der Waals surface area contributed by atoms with E-state index in [1.165, 1.54) is 0 Å². The molecule has 0 radical (unpaired) electrons. The maximum absolute atomic E-state index is 13.8. The molecule has 0 unspecified atom stereocenters. The van der Waals surface area contributed by atoms with Crippen molar-refractivity contribution in [2.45, 2.75) is 84.0 Å². The molecule has 1 aromatic carbocycles. The van der Waals surface area contributed by atoms with E-state index in [0.29, 0.717) is 61.1 Å². The van der Waals surface area contributed by atoms with Gasteiger partial charge in [-0.05, 0) is 55.5 Å². The maximum Gasteiger partial charge on any atom is 0.355 e. The lowest BCUT2D eigenvalue weighted by atomic mass is 9.85. The topological polar surface area (TPSA) is 157 Å². The Labute approximate surface area is 236 Å². The number of hydrogen-bond donors (Lipinski definition) is 3. The van der Waals surface area contributed by atoms with Gasteiger partial charge in [-0.25, -0.2) is 15.3 Å². The average Bonchev–Trinajstić information content (AvgIpc) is 3.33. The molecule has 2 aromatic heterocycles. The van der Waals surface area contributed by atoms with Crippen LogP contribution in [0.25, 0.3) is 22.3 Å². The monoisotopic (exact) mass is 563 g/mol. The lowest BCUT2D eigenvalue weighted by Gasteiger charge is -2.35. The van der Waals surface area contributed by atoms with Gasteiger partial charge in [0, 0.05) is 29.4 Å². The number of nitrogens with one attached hydrogen (secondary N) is 1. The van der Waals surface area contributed by atoms with Crippen LogP contribution in [0, 0.1) is 0 Å². The van der Waals surface area contributed by atoms with Crippen molar-refractivity contribution in [3.63, 3.8) is 0 Å². The Morgan fingerprint density at radius 1 is 1.10 bits per heavy atom. The van der Waals surface area contributed by atoms with Crippen molar-refractivity contribution in [1.82, 2.24) is 15.0 Å². The van der Waals surface area contributed by atoms with E-state index in [2.05, 4.69) is 0 Å². The molecule has 41 heavy (non-hydrogen) atoms. The summed E-state index contributed by atoms with van der Waals surface area (Å²) in [5.74, 6) is -1.61. The number of aromatic nitrogens is 2. The number of benzene rings is 1. The fourth-order valence-corrected chi connectivity index (χ4v) is 5.92. The number of nitrogens with zero attached hydrogens (tertiary/aromatic N) is 2. The second kappa shape index (κ2) is 11.3. The Morgan fingerprint density at radius 3 is 2.56 bits per heavy atom. The van der Waals surface area contributed by atoms with Crippen LogP contribution >= 0.6 is 0 Å². The highest BCUT2D eigenvalue weighted by Gasteiger charge is 2.50. The molecule has 3 aromatic rings. The van der Waals surface area contributed by atoms with Crippen LogP contribution in [0.5, 0.6) is 5.75 Å². The number of hydroxylamine groups is 1. The second-order valence-corrected chi connectivity index (χ2v) is 10.5. The zero-order valence-corrected chi connectivity index (χ0v) is 23.1. The Hall–Kier alpha value is -4.25. The fourth-order valence-electron chi connectivity index (χ4n) is 5.92. The highest BCUT2D eigenvalue weighted by atomic mass is 16.6. The number of ether oxygens (including phenoxy) is 2. The van der Waals surface area contributed by atoms with Crippen LogP contribution in [-0.2, 0) is 49.0 Å². The minimum Gasteiger partial charge on any atom is -0.508 e. The Morgan fingerprint density at radius 2 is 1.85 bits per heavy atom. The van der Waals surface area contributed by atoms with Gasteiger partial charge in [0.1, 0.15) is 12.4 Å². The summed E-state index contributed by atoms with van der Waals surface area (Å²) < 4.78 is 12.9. The van der Waals surface area contributed by atoms with E-state index in [4.69, 9.17) is 19.7 Å². The van der Waals surface area contributed by atoms with Gasteiger partial charge in [0.25, 0.3) is 5.56 Å². The van der Waals surface area contributed by atoms with Crippen molar-refractivity contribution in [2.75, 3.05) is 0 Å². The first-order chi connectivity index (χ1) is 19.7. The number of amides is 1. The van der Waals surface area contributed by atoms with Gasteiger partial charge in [0.2, 0.25) is 11.5 Å². The zero-order chi connectivity index (χ0) is 29.3. The predicted octanol–water partition coefficient (Wildman–Crippen LogP) is 3.74. The number of unbranched alkanes of at least 4 members (excludes halogenated alkanes) is 3. The Bertz CT molecular complexity index is 1610. The number of hydrogen-bond acceptors (Lipinski definition) is 9. The number of fused-ring (bicyclic) bond motifs is 5. The van der Waals surface area contributed by atoms with Gasteiger partial charge in [-0.3, -0.25) is 19.6 Å². The normalized spacial score (nSPS) is 17.0. The van der Waals surface area contributed by atoms with Crippen molar-refractivity contribution < 1.29 is 34.2 Å². The van der Waals surface area contributed by atoms with Crippen LogP contribution in [-0.4, -0.2) is 37.7 Å². The summed E-state index contributed by atoms with van der Waals surface area (Å²) in [4.78, 5) is 55.9. The number of phenols is 1. The largest absolute Gasteiger partial charge is 0.508 e. The highest BCUT2D eigenvalue weighted by Crippen LogP contribution is 2.42. The summed E-state index contributed by atoms with van der Waals surface area (Å²) in [6.07, 6.45) is 3.42. The van der Waals surface area contributed by atoms with Crippen LogP contribution in [0.1, 0.15) is 81.0 Å². The fraction of sp³-hybridized carbons (Fsp3) is 0.433. The lowest BCUT2D eigenvalue weighted by Crippen LogP contribution is -2.47. The molecule has 5 rings (SSSR count). The minimum absolute atomic E-state index is 0.0591. The second-order valence-electron chi connectivity index (χ2n) is 10.5. The van der Waals surface area contributed by atoms with Gasteiger partial charge in [0.15, 0.2) is 0 Å². The van der Waals surface area contributed by atoms with Gasteiger partial charge in [0.05, 0.1) is 29.0 Å². The first-order valence-electron chi connectivity index (χ1n) is 14.0. The first kappa shape index (κ1) is 28.3. The van der Waals surface area contributed by atoms with Crippen molar-refractivity contribution in [2.24, 2.45) is 0 Å². The van der Waals surface area contributed by atoms with E-state index < -0.39 is 23.4 Å². The molecule has 0 saturated carbocycles. The third-order valence-electron chi connectivity index (χ3n) is 8.06. The highest BCUT2D eigenvalue weighted by molar-refractivity contribution is 5.90. The number of cyclic esters (lactones) is 1. The van der Waals surface area contributed by atoms with Gasteiger partial charge in [-0.15, -0.1) is 0 Å². The number of aryl methyl sites for hydroxylation is 1. The van der Waals surface area contributed by atoms with E-state index in [1.807, 2.05) is 6.92 Å². The SMILES string of the molecule is CCc1c2c(nc3ccc(O)cc13)-c1cc3c(c(=O)n1C2)COC(=O)[C@@]3(CC)OC(=O)CCCCCCC(=O)NO. The van der Waals surface area contributed by atoms with Gasteiger partial charge < -0.3 is 19.1 Å². The Balaban J connectivity index is 1.47. The molecule has 3 N–H and O–H groups in total. The van der Waals surface area contributed by atoms with Crippen molar-refractivity contribution in [3.05, 3.63) is 56.9 Å². The molecule has 0 fully saturated rings. The molecule has 1 atom stereocenters. The number of carbonyl (C=O) groups is 3. The van der Waals surface area contributed by atoms with Crippen LogP contribution in [0.4, 0.5) is 0 Å². The van der Waals surface area contributed by atoms with E-state index in [0.717, 1.165) is 16.5 Å². The number of pyridine rings is 2. The van der Waals surface area contributed by atoms with Crippen molar-refractivity contribution in [3.8, 4) is 17.1 Å². The van der Waals surface area contributed by atoms with Crippen LogP contribution in [0.2, 0.25) is 0 Å². The predicted molar refractivity (Wildman–Crippen MR) is 147 cm³/mol. The molecule has 1 amide bonds. The molecule has 0 bridgehead atoms. The molecular weight excluding hydrogens is 530 g/mol. The number of esters is 2. The molecule has 216 valence electrons. The molecule has 11 heteroatoms. The zero-order valence-electron chi connectivity index (χ0n) is 23.1. The molecular formula is C30H33N3O8. The van der Waals surface area contributed by atoms with E-state index in [9.17, 15) is 24.3 Å². The number of aromatic hydroxyl groups is 1. The average molecular weight is 564 g/mol. The molecule has 0 spiro atoms. The third-order valence-corrected chi connectivity index (χ3v) is 8.06. The summed E-state index contributed by atoms with van der Waals surface area (Å²) >= 11 is 0. The maximum atomic E-state index is 13.8. The summed E-state index contributed by atoms with van der Waals surface area (Å²) in [5, 5.41) is 19.5. The number of phenolic OH excluding ortho intramolecular Hbond substituents is 1. The van der Waals surface area contributed by atoms with Crippen LogP contribution in [0.15, 0.2) is 29.1 Å². The first-order valence-corrected chi connectivity index (χ1v) is 14.0. The summed E-state index contributed by atoms with van der Waals surface area (Å²) in [5.41, 5.74) is 3.84. The molecule has 2 aliphatic heterocycles. The summed E-state index contributed by atoms with van der Waals surface area (Å²) in [7, 11) is 0. The van der Waals surface area contributed by atoms with Crippen LogP contribution in [0.3, 0.4) is 0 Å². The standard InChI is InChI=1S/C30H33N3O8/c1-3-18-19-13-17(34)11-12-23(19)31-27-20(18)15-33-24(27)14-22-21(28(33)37)16-40-29(38)30(22,4-2)41-26(36)10-8-6-5-7-9-25(35)32-39/h11-14,34,39H,3-10,15-16H2,1-2H3,(H,32,35)/t30-/m0/s1. The number of rotatable bonds is 10. The quantitative estimate of drug-likeness (QED) is 0.113. The lowest BCUT2D eigenvalue weighted by molar-refractivity contribution is -0.189. The third kappa shape index (κ3) is 4.94. The van der Waals surface area contributed by atoms with E-state index >= 15 is 0 Å². The Kier molecular flexibility index (Phi) is 7.81. The number of carbonyl (C=O) groups excluding carboxylic acids is 3. The smallest absolute Gasteiger partial charge is 0.355 e. The van der Waals surface area contributed by atoms with Gasteiger partial charge in [-0.1, -0.05) is 26.7 Å². The van der Waals surface area contributed by atoms with Crippen molar-refractivity contribution in [1.29, 1.82) is 0 Å². The van der Waals surface area contributed by atoms with Crippen LogP contribution < -0.4 is 11.0 Å². The molecule has 0 aliphatic carbocycles.